The van der Waals surface area contributed by atoms with Crippen molar-refractivity contribution in [3.63, 3.8) is 0 Å². The van der Waals surface area contributed by atoms with E-state index >= 15 is 0 Å². The van der Waals surface area contributed by atoms with E-state index in [1.165, 1.54) is 0 Å². The molecule has 1 fully saturated rings. The molecule has 1 aromatic rings. The second-order valence-electron chi connectivity index (χ2n) is 5.02. The number of aliphatic carboxylic acids is 1. The van der Waals surface area contributed by atoms with Crippen molar-refractivity contribution in [3.8, 4) is 5.75 Å². The summed E-state index contributed by atoms with van der Waals surface area (Å²) in [6.07, 6.45) is 0.850. The first-order chi connectivity index (χ1) is 10.1. The van der Waals surface area contributed by atoms with Crippen molar-refractivity contribution in [3.05, 3.63) is 29.8 Å². The van der Waals surface area contributed by atoms with Crippen LogP contribution in [0.3, 0.4) is 0 Å². The number of benzene rings is 1. The number of hydrogen-bond donors (Lipinski definition) is 2. The molecule has 2 N–H and O–H groups in total. The van der Waals surface area contributed by atoms with Gasteiger partial charge in [-0.15, -0.1) is 0 Å². The molecule has 0 aliphatic carbocycles. The van der Waals surface area contributed by atoms with E-state index in [0.717, 1.165) is 5.56 Å². The van der Waals surface area contributed by atoms with Crippen molar-refractivity contribution in [1.29, 1.82) is 0 Å². The fraction of sp³-hybridized carbons (Fsp3) is 0.467. The maximum atomic E-state index is 12.0. The second kappa shape index (κ2) is 7.08. The lowest BCUT2D eigenvalue weighted by Gasteiger charge is -2.17. The van der Waals surface area contributed by atoms with E-state index in [1.807, 2.05) is 6.07 Å². The zero-order chi connectivity index (χ0) is 15.2. The number of nitrogens with one attached hydrogen (secondary N) is 1. The molecule has 1 aliphatic heterocycles. The average molecular weight is 293 g/mol. The molecule has 2 rings (SSSR count). The Labute approximate surface area is 123 Å². The van der Waals surface area contributed by atoms with Gasteiger partial charge in [0.2, 0.25) is 5.91 Å². The number of ether oxygens (including phenoxy) is 2. The van der Waals surface area contributed by atoms with Crippen molar-refractivity contribution in [1.82, 2.24) is 5.32 Å². The zero-order valence-corrected chi connectivity index (χ0v) is 11.9. The summed E-state index contributed by atoms with van der Waals surface area (Å²) in [6.45, 7) is 0.906. The van der Waals surface area contributed by atoms with Crippen LogP contribution in [0.15, 0.2) is 24.3 Å². The van der Waals surface area contributed by atoms with E-state index < -0.39 is 12.0 Å². The van der Waals surface area contributed by atoms with Gasteiger partial charge in [-0.3, -0.25) is 4.79 Å². The maximum absolute atomic E-state index is 12.0. The fourth-order valence-electron chi connectivity index (χ4n) is 2.27. The van der Waals surface area contributed by atoms with Gasteiger partial charge in [0.05, 0.1) is 19.6 Å². The number of hydrogen-bond acceptors (Lipinski definition) is 4. The quantitative estimate of drug-likeness (QED) is 0.812. The third-order valence-electron chi connectivity index (χ3n) is 3.49. The number of carboxylic acid groups (broad SMARTS) is 1. The molecule has 0 unspecified atom stereocenters. The van der Waals surface area contributed by atoms with Gasteiger partial charge in [-0.2, -0.15) is 0 Å². The first-order valence-electron chi connectivity index (χ1n) is 6.84. The minimum atomic E-state index is -1.05. The molecule has 2 atom stereocenters. The van der Waals surface area contributed by atoms with Crippen molar-refractivity contribution >= 4 is 11.9 Å². The predicted molar refractivity (Wildman–Crippen MR) is 75.2 cm³/mol. The van der Waals surface area contributed by atoms with Crippen LogP contribution in [0.4, 0.5) is 0 Å². The number of carbonyl (C=O) groups excluding carboxylic acids is 1. The van der Waals surface area contributed by atoms with Crippen LogP contribution in [-0.4, -0.2) is 43.3 Å². The third-order valence-corrected chi connectivity index (χ3v) is 3.49. The first kappa shape index (κ1) is 15.3. The molecule has 1 heterocycles. The molecule has 1 aliphatic rings. The highest BCUT2D eigenvalue weighted by atomic mass is 16.5. The van der Waals surface area contributed by atoms with Crippen LogP contribution >= 0.6 is 0 Å². The van der Waals surface area contributed by atoms with E-state index in [0.29, 0.717) is 25.4 Å². The molecular weight excluding hydrogens is 274 g/mol. The Morgan fingerprint density at radius 2 is 2.33 bits per heavy atom. The summed E-state index contributed by atoms with van der Waals surface area (Å²) in [5.74, 6) is -0.905. The van der Waals surface area contributed by atoms with Crippen LogP contribution in [0.25, 0.3) is 0 Å². The summed E-state index contributed by atoms with van der Waals surface area (Å²) in [4.78, 5) is 23.3. The highest BCUT2D eigenvalue weighted by Crippen LogP contribution is 2.16. The highest BCUT2D eigenvalue weighted by Gasteiger charge is 2.28. The standard InChI is InChI=1S/C15H19NO5/c1-20-12-4-2-3-10(7-12)8-13(15(18)19)16-14(17)11-5-6-21-9-11/h2-4,7,11,13H,5-6,8-9H2,1H3,(H,16,17)(H,18,19)/t11-,13+/m1/s1. The largest absolute Gasteiger partial charge is 0.497 e. The van der Waals surface area contributed by atoms with E-state index in [2.05, 4.69) is 5.32 Å². The van der Waals surface area contributed by atoms with E-state index in [1.54, 1.807) is 25.3 Å². The highest BCUT2D eigenvalue weighted by molar-refractivity contribution is 5.85. The van der Waals surface area contributed by atoms with Gasteiger partial charge in [0.1, 0.15) is 11.8 Å². The Kier molecular flexibility index (Phi) is 5.16. The Morgan fingerprint density at radius 3 is 2.95 bits per heavy atom. The van der Waals surface area contributed by atoms with Crippen LogP contribution in [0.2, 0.25) is 0 Å². The SMILES string of the molecule is COc1cccc(C[C@H](NC(=O)[C@@H]2CCOC2)C(=O)O)c1. The minimum absolute atomic E-state index is 0.214. The Morgan fingerprint density at radius 1 is 1.52 bits per heavy atom. The van der Waals surface area contributed by atoms with Crippen molar-refractivity contribution in [2.75, 3.05) is 20.3 Å². The Hall–Kier alpha value is -2.08. The smallest absolute Gasteiger partial charge is 0.326 e. The summed E-state index contributed by atoms with van der Waals surface area (Å²) in [6, 6.07) is 6.20. The Balaban J connectivity index is 2.01. The topological polar surface area (TPSA) is 84.9 Å². The van der Waals surface area contributed by atoms with Crippen LogP contribution in [0, 0.1) is 5.92 Å². The van der Waals surface area contributed by atoms with Gasteiger partial charge in [0.15, 0.2) is 0 Å². The summed E-state index contributed by atoms with van der Waals surface area (Å²) in [5, 5.41) is 11.9. The van der Waals surface area contributed by atoms with Gasteiger partial charge in [-0.05, 0) is 24.1 Å². The Bertz CT molecular complexity index is 511. The van der Waals surface area contributed by atoms with Crippen LogP contribution in [0.1, 0.15) is 12.0 Å². The maximum Gasteiger partial charge on any atom is 0.326 e. The van der Waals surface area contributed by atoms with Crippen LogP contribution in [-0.2, 0) is 20.7 Å². The van der Waals surface area contributed by atoms with Crippen molar-refractivity contribution in [2.24, 2.45) is 5.92 Å². The number of rotatable bonds is 6. The molecule has 1 aromatic carbocycles. The molecule has 0 spiro atoms. The first-order valence-corrected chi connectivity index (χ1v) is 6.84. The summed E-state index contributed by atoms with van der Waals surface area (Å²) < 4.78 is 10.3. The zero-order valence-electron chi connectivity index (χ0n) is 11.9. The van der Waals surface area contributed by atoms with Gasteiger partial charge in [0.25, 0.3) is 0 Å². The lowest BCUT2D eigenvalue weighted by molar-refractivity contribution is -0.142. The minimum Gasteiger partial charge on any atom is -0.497 e. The fourth-order valence-corrected chi connectivity index (χ4v) is 2.27. The molecule has 6 heteroatoms. The molecule has 0 saturated carbocycles. The number of amides is 1. The second-order valence-corrected chi connectivity index (χ2v) is 5.02. The summed E-state index contributed by atoms with van der Waals surface area (Å²) in [7, 11) is 1.55. The van der Waals surface area contributed by atoms with Gasteiger partial charge in [-0.25, -0.2) is 4.79 Å². The molecule has 0 aromatic heterocycles. The van der Waals surface area contributed by atoms with E-state index in [-0.39, 0.29) is 18.2 Å². The molecule has 6 nitrogen and oxygen atoms in total. The lowest BCUT2D eigenvalue weighted by Crippen LogP contribution is -2.45. The van der Waals surface area contributed by atoms with Crippen LogP contribution < -0.4 is 10.1 Å². The van der Waals surface area contributed by atoms with Gasteiger partial charge >= 0.3 is 5.97 Å². The lowest BCUT2D eigenvalue weighted by atomic mass is 10.0. The predicted octanol–water partition coefficient (Wildman–Crippen LogP) is 0.844. The van der Waals surface area contributed by atoms with Gasteiger partial charge in [-0.1, -0.05) is 12.1 Å². The monoisotopic (exact) mass is 293 g/mol. The van der Waals surface area contributed by atoms with Crippen molar-refractivity contribution < 1.29 is 24.2 Å². The van der Waals surface area contributed by atoms with Crippen LogP contribution in [0.5, 0.6) is 5.75 Å². The van der Waals surface area contributed by atoms with Gasteiger partial charge < -0.3 is 19.9 Å². The summed E-state index contributed by atoms with van der Waals surface area (Å²) >= 11 is 0. The summed E-state index contributed by atoms with van der Waals surface area (Å²) in [5.41, 5.74) is 0.796. The molecular formula is C15H19NO5. The normalized spacial score (nSPS) is 19.0. The number of carboxylic acids is 1. The van der Waals surface area contributed by atoms with E-state index in [9.17, 15) is 14.7 Å². The molecule has 114 valence electrons. The number of methoxy groups -OCH3 is 1. The molecule has 0 bridgehead atoms. The molecule has 21 heavy (non-hydrogen) atoms. The van der Waals surface area contributed by atoms with Gasteiger partial charge in [0, 0.05) is 13.0 Å². The number of carbonyl (C=O) groups is 2. The third kappa shape index (κ3) is 4.19. The van der Waals surface area contributed by atoms with Crippen molar-refractivity contribution in [2.45, 2.75) is 18.9 Å². The molecule has 0 radical (unpaired) electrons. The van der Waals surface area contributed by atoms with E-state index in [4.69, 9.17) is 9.47 Å². The molecule has 1 amide bonds. The average Bonchev–Trinajstić information content (AvgIpc) is 3.01. The molecule has 1 saturated heterocycles.